The van der Waals surface area contributed by atoms with Gasteiger partial charge in [-0.15, -0.1) is 0 Å². The Labute approximate surface area is 148 Å². The lowest BCUT2D eigenvalue weighted by molar-refractivity contribution is 0.118. The van der Waals surface area contributed by atoms with Crippen molar-refractivity contribution in [2.45, 2.75) is 39.0 Å². The molecule has 6 nitrogen and oxygen atoms in total. The van der Waals surface area contributed by atoms with Gasteiger partial charge in [-0.1, -0.05) is 48.9 Å². The summed E-state index contributed by atoms with van der Waals surface area (Å²) in [4.78, 5) is 4.12. The maximum Gasteiger partial charge on any atom is 0.128 e. The Balaban J connectivity index is 1.50. The second-order valence-electron chi connectivity index (χ2n) is 6.27. The van der Waals surface area contributed by atoms with Gasteiger partial charge in [-0.2, -0.15) is 5.11 Å². The molecular weight excluding hydrogens is 314 g/mol. The van der Waals surface area contributed by atoms with Crippen LogP contribution >= 0.6 is 0 Å². The van der Waals surface area contributed by atoms with Crippen molar-refractivity contribution in [1.82, 2.24) is 9.99 Å². The lowest BCUT2D eigenvalue weighted by atomic mass is 10.1. The number of nitrogen functional groups attached to an aromatic ring is 1. The van der Waals surface area contributed by atoms with Gasteiger partial charge in [0.05, 0.1) is 19.7 Å². The van der Waals surface area contributed by atoms with Crippen molar-refractivity contribution in [1.29, 1.82) is 0 Å². The zero-order valence-corrected chi connectivity index (χ0v) is 14.6. The van der Waals surface area contributed by atoms with Crippen molar-refractivity contribution in [3.05, 3.63) is 59.3 Å². The van der Waals surface area contributed by atoms with E-state index < -0.39 is 0 Å². The Morgan fingerprint density at radius 3 is 2.76 bits per heavy atom. The fraction of sp³-hybridized carbons (Fsp3) is 0.421. The first-order valence-electron chi connectivity index (χ1n) is 8.78. The van der Waals surface area contributed by atoms with Crippen molar-refractivity contribution in [2.75, 3.05) is 18.9 Å². The standard InChI is InChI=1S/C19H25N5O/c1-2-3-11-25-14-16-8-6-15(7-9-16)12-24-13-18(22-23-24)17-5-4-10-21-19(17)20/h4-10,18H,2-3,11-14H2,1H3,(H2,20,21). The fourth-order valence-corrected chi connectivity index (χ4v) is 2.76. The number of hydrogen-bond donors (Lipinski definition) is 1. The van der Waals surface area contributed by atoms with Gasteiger partial charge in [0.25, 0.3) is 0 Å². The van der Waals surface area contributed by atoms with Gasteiger partial charge >= 0.3 is 0 Å². The molecule has 25 heavy (non-hydrogen) atoms. The fourth-order valence-electron chi connectivity index (χ4n) is 2.76. The van der Waals surface area contributed by atoms with Gasteiger partial charge in [-0.05, 0) is 23.6 Å². The van der Waals surface area contributed by atoms with Crippen LogP contribution in [0.5, 0.6) is 0 Å². The van der Waals surface area contributed by atoms with Crippen molar-refractivity contribution >= 4 is 5.82 Å². The molecule has 0 spiro atoms. The monoisotopic (exact) mass is 339 g/mol. The van der Waals surface area contributed by atoms with E-state index in [2.05, 4.69) is 46.5 Å². The topological polar surface area (TPSA) is 76.1 Å². The molecule has 1 aromatic heterocycles. The average molecular weight is 339 g/mol. The molecule has 3 rings (SSSR count). The van der Waals surface area contributed by atoms with Crippen LogP contribution in [-0.4, -0.2) is 23.1 Å². The Hall–Kier alpha value is -2.47. The van der Waals surface area contributed by atoms with Gasteiger partial charge in [0.1, 0.15) is 11.9 Å². The highest BCUT2D eigenvalue weighted by molar-refractivity contribution is 5.41. The van der Waals surface area contributed by atoms with Crippen molar-refractivity contribution in [3.8, 4) is 0 Å². The van der Waals surface area contributed by atoms with Crippen LogP contribution < -0.4 is 5.73 Å². The molecule has 1 aliphatic heterocycles. The largest absolute Gasteiger partial charge is 0.383 e. The van der Waals surface area contributed by atoms with E-state index in [4.69, 9.17) is 10.5 Å². The van der Waals surface area contributed by atoms with Gasteiger partial charge in [0.2, 0.25) is 0 Å². The number of nitrogens with two attached hydrogens (primary N) is 1. The highest BCUT2D eigenvalue weighted by Gasteiger charge is 2.23. The van der Waals surface area contributed by atoms with Crippen LogP contribution in [0.4, 0.5) is 5.82 Å². The third-order valence-corrected chi connectivity index (χ3v) is 4.23. The summed E-state index contributed by atoms with van der Waals surface area (Å²) in [5.41, 5.74) is 9.27. The van der Waals surface area contributed by atoms with Gasteiger partial charge in [-0.3, -0.25) is 5.01 Å². The zero-order chi connectivity index (χ0) is 17.5. The molecule has 2 aromatic rings. The maximum atomic E-state index is 5.93. The second-order valence-corrected chi connectivity index (χ2v) is 6.27. The zero-order valence-electron chi connectivity index (χ0n) is 14.6. The summed E-state index contributed by atoms with van der Waals surface area (Å²) in [7, 11) is 0. The van der Waals surface area contributed by atoms with Crippen LogP contribution in [-0.2, 0) is 17.9 Å². The van der Waals surface area contributed by atoms with Gasteiger partial charge in [-0.25, -0.2) is 4.98 Å². The van der Waals surface area contributed by atoms with Crippen LogP contribution in [0.1, 0.15) is 42.5 Å². The molecule has 1 unspecified atom stereocenters. The molecule has 0 aliphatic carbocycles. The lowest BCUT2D eigenvalue weighted by Gasteiger charge is -2.15. The summed E-state index contributed by atoms with van der Waals surface area (Å²) < 4.78 is 5.65. The molecule has 1 atom stereocenters. The van der Waals surface area contributed by atoms with E-state index in [9.17, 15) is 0 Å². The van der Waals surface area contributed by atoms with E-state index in [0.29, 0.717) is 12.4 Å². The predicted molar refractivity (Wildman–Crippen MR) is 97.7 cm³/mol. The number of anilines is 1. The predicted octanol–water partition coefficient (Wildman–Crippen LogP) is 3.90. The summed E-state index contributed by atoms with van der Waals surface area (Å²) in [6, 6.07) is 12.3. The molecule has 0 saturated heterocycles. The summed E-state index contributed by atoms with van der Waals surface area (Å²) in [6.07, 6.45) is 3.96. The average Bonchev–Trinajstić information content (AvgIpc) is 3.09. The van der Waals surface area contributed by atoms with Crippen LogP contribution in [0.2, 0.25) is 0 Å². The minimum atomic E-state index is -0.0417. The van der Waals surface area contributed by atoms with E-state index in [-0.39, 0.29) is 6.04 Å². The van der Waals surface area contributed by atoms with Crippen LogP contribution in [0, 0.1) is 0 Å². The van der Waals surface area contributed by atoms with E-state index in [1.165, 1.54) is 11.1 Å². The molecule has 0 radical (unpaired) electrons. The summed E-state index contributed by atoms with van der Waals surface area (Å²) >= 11 is 0. The highest BCUT2D eigenvalue weighted by atomic mass is 16.5. The number of rotatable bonds is 8. The third kappa shape index (κ3) is 4.76. The first-order valence-corrected chi connectivity index (χ1v) is 8.78. The number of benzene rings is 1. The van der Waals surface area contributed by atoms with Crippen LogP contribution in [0.25, 0.3) is 0 Å². The van der Waals surface area contributed by atoms with Crippen LogP contribution in [0.3, 0.4) is 0 Å². The normalized spacial score (nSPS) is 16.5. The third-order valence-electron chi connectivity index (χ3n) is 4.23. The molecule has 132 valence electrons. The second kappa shape index (κ2) is 8.58. The molecule has 1 aromatic carbocycles. The smallest absolute Gasteiger partial charge is 0.128 e. The molecule has 6 heteroatoms. The van der Waals surface area contributed by atoms with Crippen molar-refractivity contribution < 1.29 is 4.74 Å². The number of nitrogens with zero attached hydrogens (tertiary/aromatic N) is 4. The number of aromatic nitrogens is 1. The molecule has 1 aliphatic rings. The molecule has 2 N–H and O–H groups in total. The summed E-state index contributed by atoms with van der Waals surface area (Å²) in [5.74, 6) is 0.528. The number of hydrogen-bond acceptors (Lipinski definition) is 6. The highest BCUT2D eigenvalue weighted by Crippen LogP contribution is 2.28. The summed E-state index contributed by atoms with van der Waals surface area (Å²) in [5, 5.41) is 10.6. The number of ether oxygens (including phenoxy) is 1. The van der Waals surface area contributed by atoms with E-state index >= 15 is 0 Å². The Bertz CT molecular complexity index is 701. The van der Waals surface area contributed by atoms with Crippen molar-refractivity contribution in [3.63, 3.8) is 0 Å². The Morgan fingerprint density at radius 1 is 1.20 bits per heavy atom. The minimum Gasteiger partial charge on any atom is -0.383 e. The molecule has 0 saturated carbocycles. The number of unbranched alkanes of at least 4 members (excludes halogenated alkanes) is 1. The lowest BCUT2D eigenvalue weighted by Crippen LogP contribution is -2.17. The Morgan fingerprint density at radius 2 is 2.00 bits per heavy atom. The SMILES string of the molecule is CCCCOCc1ccc(CN2CC(c3cccnc3N)N=N2)cc1. The molecule has 0 amide bonds. The van der Waals surface area contributed by atoms with E-state index in [1.807, 2.05) is 17.1 Å². The molecule has 0 bridgehead atoms. The number of pyridine rings is 1. The van der Waals surface area contributed by atoms with Crippen molar-refractivity contribution in [2.24, 2.45) is 10.3 Å². The Kier molecular flexibility index (Phi) is 5.95. The maximum absolute atomic E-state index is 5.93. The van der Waals surface area contributed by atoms with Gasteiger partial charge in [0.15, 0.2) is 0 Å². The molecule has 2 heterocycles. The van der Waals surface area contributed by atoms with E-state index in [0.717, 1.165) is 38.1 Å². The van der Waals surface area contributed by atoms with E-state index in [1.54, 1.807) is 6.20 Å². The summed E-state index contributed by atoms with van der Waals surface area (Å²) in [6.45, 7) is 5.12. The first kappa shape index (κ1) is 17.4. The first-order chi connectivity index (χ1) is 12.3. The van der Waals surface area contributed by atoms with Gasteiger partial charge < -0.3 is 10.5 Å². The molecule has 0 fully saturated rings. The molecular formula is C19H25N5O. The van der Waals surface area contributed by atoms with Gasteiger partial charge in [0, 0.05) is 18.4 Å². The quantitative estimate of drug-likeness (QED) is 0.740. The van der Waals surface area contributed by atoms with Crippen LogP contribution in [0.15, 0.2) is 52.9 Å². The minimum absolute atomic E-state index is 0.0417.